The van der Waals surface area contributed by atoms with Gasteiger partial charge in [-0.3, -0.25) is 4.79 Å². The van der Waals surface area contributed by atoms with Gasteiger partial charge in [0.05, 0.1) is 6.04 Å². The first-order chi connectivity index (χ1) is 13.4. The second kappa shape index (κ2) is 8.75. The summed E-state index contributed by atoms with van der Waals surface area (Å²) in [7, 11) is 0. The lowest BCUT2D eigenvalue weighted by atomic mass is 10.0. The predicted molar refractivity (Wildman–Crippen MR) is 97.5 cm³/mol. The van der Waals surface area contributed by atoms with Gasteiger partial charge in [0.1, 0.15) is 0 Å². The quantitative estimate of drug-likeness (QED) is 0.645. The number of aryl methyl sites for hydroxylation is 2. The Kier molecular flexibility index (Phi) is 6.36. The number of aromatic nitrogens is 2. The van der Waals surface area contributed by atoms with Gasteiger partial charge in [-0.25, -0.2) is 0 Å². The third-order valence-corrected chi connectivity index (χ3v) is 5.00. The molecule has 1 aliphatic rings. The number of benzene rings is 1. The van der Waals surface area contributed by atoms with Crippen LogP contribution < -0.4 is 5.32 Å². The van der Waals surface area contributed by atoms with Crippen LogP contribution in [-0.4, -0.2) is 22.2 Å². The molecule has 1 atom stereocenters. The summed E-state index contributed by atoms with van der Waals surface area (Å²) in [4.78, 5) is 15.6. The van der Waals surface area contributed by atoms with Gasteiger partial charge in [0.15, 0.2) is 0 Å². The van der Waals surface area contributed by atoms with Gasteiger partial charge in [0.25, 0.3) is 0 Å². The van der Waals surface area contributed by atoms with E-state index in [2.05, 4.69) is 22.4 Å². The van der Waals surface area contributed by atoms with Crippen molar-refractivity contribution < 1.29 is 22.5 Å². The zero-order valence-corrected chi connectivity index (χ0v) is 15.8. The number of carbonyl (C=O) groups excluding carboxylic acids is 1. The van der Waals surface area contributed by atoms with Crippen LogP contribution in [-0.2, 0) is 17.6 Å². The topological polar surface area (TPSA) is 68.0 Å². The molecule has 1 amide bonds. The maximum absolute atomic E-state index is 12.5. The standard InChI is InChI=1S/C20H24F3N3O2/c1-2-3-4-5-6-7-17-25-18(26-28-17)14-8-10-15-13(12-14)9-11-16(15)24-19(27)20(21,22)23/h8,10,12,16H,2-7,9,11H2,1H3,(H,24,27). The van der Waals surface area contributed by atoms with Crippen molar-refractivity contribution in [1.29, 1.82) is 0 Å². The van der Waals surface area contributed by atoms with Crippen molar-refractivity contribution in [3.63, 3.8) is 0 Å². The van der Waals surface area contributed by atoms with E-state index in [0.717, 1.165) is 30.4 Å². The van der Waals surface area contributed by atoms with Crippen molar-refractivity contribution in [3.05, 3.63) is 35.2 Å². The fourth-order valence-corrected chi connectivity index (χ4v) is 3.50. The number of unbranched alkanes of at least 4 members (excludes halogenated alkanes) is 4. The predicted octanol–water partition coefficient (Wildman–Crippen LogP) is 4.92. The summed E-state index contributed by atoms with van der Waals surface area (Å²) in [6.45, 7) is 2.17. The Hall–Kier alpha value is -2.38. The molecular formula is C20H24F3N3O2. The van der Waals surface area contributed by atoms with Gasteiger partial charge in [-0.05, 0) is 36.5 Å². The fraction of sp³-hybridized carbons (Fsp3) is 0.550. The molecule has 0 saturated heterocycles. The molecule has 1 aromatic carbocycles. The Balaban J connectivity index is 1.62. The Bertz CT molecular complexity index is 817. The SMILES string of the molecule is CCCCCCCc1nc(-c2ccc3c(c2)CCC3NC(=O)C(F)(F)F)no1. The van der Waals surface area contributed by atoms with Crippen LogP contribution in [0.1, 0.15) is 68.5 Å². The number of alkyl halides is 3. The number of carbonyl (C=O) groups is 1. The third kappa shape index (κ3) is 4.91. The lowest BCUT2D eigenvalue weighted by Crippen LogP contribution is -2.38. The van der Waals surface area contributed by atoms with Crippen LogP contribution in [0.25, 0.3) is 11.4 Å². The molecule has 5 nitrogen and oxygen atoms in total. The molecule has 0 fully saturated rings. The summed E-state index contributed by atoms with van der Waals surface area (Å²) in [5.74, 6) is -0.826. The number of hydrogen-bond donors (Lipinski definition) is 1. The van der Waals surface area contributed by atoms with Crippen LogP contribution in [0.4, 0.5) is 13.2 Å². The molecule has 2 aromatic rings. The summed E-state index contributed by atoms with van der Waals surface area (Å²) >= 11 is 0. The molecule has 1 unspecified atom stereocenters. The summed E-state index contributed by atoms with van der Waals surface area (Å²) in [5.41, 5.74) is 2.37. The Morgan fingerprint density at radius 1 is 1.25 bits per heavy atom. The maximum atomic E-state index is 12.5. The molecule has 0 spiro atoms. The molecule has 1 aromatic heterocycles. The monoisotopic (exact) mass is 395 g/mol. The fourth-order valence-electron chi connectivity index (χ4n) is 3.50. The highest BCUT2D eigenvalue weighted by Crippen LogP contribution is 2.34. The first kappa shape index (κ1) is 20.4. The van der Waals surface area contributed by atoms with Crippen molar-refractivity contribution in [2.45, 2.75) is 70.5 Å². The molecule has 0 bridgehead atoms. The normalized spacial score (nSPS) is 16.2. The summed E-state index contributed by atoms with van der Waals surface area (Å²) in [6, 6.07) is 4.74. The molecule has 0 aliphatic heterocycles. The van der Waals surface area contributed by atoms with E-state index < -0.39 is 18.1 Å². The van der Waals surface area contributed by atoms with E-state index in [0.29, 0.717) is 30.1 Å². The van der Waals surface area contributed by atoms with Gasteiger partial charge < -0.3 is 9.84 Å². The first-order valence-corrected chi connectivity index (χ1v) is 9.72. The Labute approximate surface area is 161 Å². The smallest absolute Gasteiger partial charge is 0.341 e. The van der Waals surface area contributed by atoms with Gasteiger partial charge in [0, 0.05) is 12.0 Å². The minimum Gasteiger partial charge on any atom is -0.341 e. The van der Waals surface area contributed by atoms with Crippen LogP contribution in [0.5, 0.6) is 0 Å². The zero-order valence-electron chi connectivity index (χ0n) is 15.8. The summed E-state index contributed by atoms with van der Waals surface area (Å²) in [5, 5.41) is 6.08. The van der Waals surface area contributed by atoms with Crippen molar-refractivity contribution in [3.8, 4) is 11.4 Å². The van der Waals surface area contributed by atoms with E-state index in [-0.39, 0.29) is 0 Å². The Morgan fingerprint density at radius 3 is 2.79 bits per heavy atom. The first-order valence-electron chi connectivity index (χ1n) is 9.72. The highest BCUT2D eigenvalue weighted by atomic mass is 19.4. The molecular weight excluding hydrogens is 371 g/mol. The minimum atomic E-state index is -4.87. The van der Waals surface area contributed by atoms with Crippen LogP contribution in [0.2, 0.25) is 0 Å². The van der Waals surface area contributed by atoms with Gasteiger partial charge in [0.2, 0.25) is 11.7 Å². The lowest BCUT2D eigenvalue weighted by Gasteiger charge is -2.15. The van der Waals surface area contributed by atoms with Crippen molar-refractivity contribution in [2.75, 3.05) is 0 Å². The van der Waals surface area contributed by atoms with Crippen molar-refractivity contribution in [2.24, 2.45) is 0 Å². The number of halogens is 3. The van der Waals surface area contributed by atoms with E-state index in [1.54, 1.807) is 12.1 Å². The van der Waals surface area contributed by atoms with E-state index in [1.807, 2.05) is 6.07 Å². The molecule has 152 valence electrons. The van der Waals surface area contributed by atoms with Crippen LogP contribution in [0.15, 0.2) is 22.7 Å². The molecule has 1 heterocycles. The molecule has 1 N–H and O–H groups in total. The number of rotatable bonds is 8. The van der Waals surface area contributed by atoms with Gasteiger partial charge in [-0.15, -0.1) is 0 Å². The van der Waals surface area contributed by atoms with E-state index >= 15 is 0 Å². The number of hydrogen-bond acceptors (Lipinski definition) is 4. The Morgan fingerprint density at radius 2 is 2.04 bits per heavy atom. The zero-order chi connectivity index (χ0) is 20.1. The molecule has 1 aliphatic carbocycles. The highest BCUT2D eigenvalue weighted by Gasteiger charge is 2.40. The summed E-state index contributed by atoms with van der Waals surface area (Å²) < 4.78 is 42.7. The number of fused-ring (bicyclic) bond motifs is 1. The number of nitrogens with zero attached hydrogens (tertiary/aromatic N) is 2. The second-order valence-electron chi connectivity index (χ2n) is 7.15. The van der Waals surface area contributed by atoms with E-state index in [4.69, 9.17) is 4.52 Å². The van der Waals surface area contributed by atoms with Crippen LogP contribution >= 0.6 is 0 Å². The third-order valence-electron chi connectivity index (χ3n) is 5.00. The molecule has 3 rings (SSSR count). The molecule has 28 heavy (non-hydrogen) atoms. The minimum absolute atomic E-state index is 0.440. The van der Waals surface area contributed by atoms with Crippen molar-refractivity contribution in [1.82, 2.24) is 15.5 Å². The van der Waals surface area contributed by atoms with Gasteiger partial charge in [-0.1, -0.05) is 49.9 Å². The van der Waals surface area contributed by atoms with Crippen molar-refractivity contribution >= 4 is 5.91 Å². The average Bonchev–Trinajstić information content (AvgIpc) is 3.28. The second-order valence-corrected chi connectivity index (χ2v) is 7.15. The van der Waals surface area contributed by atoms with E-state index in [1.165, 1.54) is 19.3 Å². The maximum Gasteiger partial charge on any atom is 0.471 e. The van der Waals surface area contributed by atoms with Gasteiger partial charge in [-0.2, -0.15) is 18.2 Å². The molecule has 8 heteroatoms. The number of amides is 1. The van der Waals surface area contributed by atoms with E-state index in [9.17, 15) is 18.0 Å². The lowest BCUT2D eigenvalue weighted by molar-refractivity contribution is -0.174. The molecule has 0 saturated carbocycles. The highest BCUT2D eigenvalue weighted by molar-refractivity contribution is 5.82. The summed E-state index contributed by atoms with van der Waals surface area (Å²) in [6.07, 6.45) is 2.67. The largest absolute Gasteiger partial charge is 0.471 e. The number of nitrogens with one attached hydrogen (secondary N) is 1. The van der Waals surface area contributed by atoms with Crippen LogP contribution in [0.3, 0.4) is 0 Å². The van der Waals surface area contributed by atoms with Crippen LogP contribution in [0, 0.1) is 0 Å². The molecule has 0 radical (unpaired) electrons. The van der Waals surface area contributed by atoms with Gasteiger partial charge >= 0.3 is 12.1 Å². The average molecular weight is 395 g/mol.